The van der Waals surface area contributed by atoms with Crippen LogP contribution in [-0.4, -0.2) is 16.6 Å². The summed E-state index contributed by atoms with van der Waals surface area (Å²) in [6.07, 6.45) is 0.330. The summed E-state index contributed by atoms with van der Waals surface area (Å²) in [5.41, 5.74) is 3.93. The second-order valence-corrected chi connectivity index (χ2v) is 6.92. The van der Waals surface area contributed by atoms with Crippen LogP contribution in [0, 0.1) is 32.1 Å². The molecule has 0 saturated heterocycles. The highest BCUT2D eigenvalue weighted by Crippen LogP contribution is 2.25. The Bertz CT molecular complexity index is 815. The van der Waals surface area contributed by atoms with E-state index in [0.29, 0.717) is 27.8 Å². The molecule has 0 aliphatic rings. The number of halogens is 1. The number of aryl methyl sites for hydroxylation is 2. The minimum absolute atomic E-state index is 0.0873. The van der Waals surface area contributed by atoms with E-state index in [-0.39, 0.29) is 5.91 Å². The molecule has 0 bridgehead atoms. The number of amides is 1. The van der Waals surface area contributed by atoms with Crippen molar-refractivity contribution in [1.29, 1.82) is 5.26 Å². The molecule has 0 aliphatic heterocycles. The summed E-state index contributed by atoms with van der Waals surface area (Å²) in [4.78, 5) is 16.5. The Morgan fingerprint density at radius 1 is 1.38 bits per heavy atom. The van der Waals surface area contributed by atoms with Crippen LogP contribution >= 0.6 is 23.4 Å². The van der Waals surface area contributed by atoms with Gasteiger partial charge in [-0.1, -0.05) is 17.7 Å². The van der Waals surface area contributed by atoms with Crippen molar-refractivity contribution in [2.45, 2.75) is 32.2 Å². The maximum absolute atomic E-state index is 12.1. The molecule has 0 saturated carbocycles. The Morgan fingerprint density at radius 3 is 2.83 bits per heavy atom. The maximum Gasteiger partial charge on any atom is 0.225 e. The average Bonchev–Trinajstić information content (AvgIpc) is 2.51. The van der Waals surface area contributed by atoms with Crippen LogP contribution in [0.1, 0.15) is 28.8 Å². The second-order valence-electron chi connectivity index (χ2n) is 5.43. The molecule has 0 radical (unpaired) electrons. The molecular weight excluding hydrogens is 342 g/mol. The third-order valence-corrected chi connectivity index (χ3v) is 4.92. The first-order valence-corrected chi connectivity index (χ1v) is 8.85. The first-order chi connectivity index (χ1) is 11.4. The highest BCUT2D eigenvalue weighted by Gasteiger charge is 2.11. The van der Waals surface area contributed by atoms with Gasteiger partial charge >= 0.3 is 0 Å². The summed E-state index contributed by atoms with van der Waals surface area (Å²) in [6.45, 7) is 5.66. The van der Waals surface area contributed by atoms with Gasteiger partial charge in [0.05, 0.1) is 5.56 Å². The molecule has 2 aromatic rings. The van der Waals surface area contributed by atoms with Crippen molar-refractivity contribution in [3.8, 4) is 6.07 Å². The van der Waals surface area contributed by atoms with Gasteiger partial charge in [0.15, 0.2) is 0 Å². The highest BCUT2D eigenvalue weighted by molar-refractivity contribution is 7.99. The first-order valence-electron chi connectivity index (χ1n) is 7.48. The Kier molecular flexibility index (Phi) is 6.24. The summed E-state index contributed by atoms with van der Waals surface area (Å²) in [5, 5.41) is 13.4. The maximum atomic E-state index is 12.1. The number of nitriles is 1. The van der Waals surface area contributed by atoms with Gasteiger partial charge in [0, 0.05) is 28.6 Å². The van der Waals surface area contributed by atoms with Crippen LogP contribution in [-0.2, 0) is 4.79 Å². The minimum Gasteiger partial charge on any atom is -0.326 e. The van der Waals surface area contributed by atoms with Gasteiger partial charge in [-0.2, -0.15) is 5.26 Å². The smallest absolute Gasteiger partial charge is 0.225 e. The molecule has 0 unspecified atom stereocenters. The fourth-order valence-corrected chi connectivity index (χ4v) is 3.45. The zero-order valence-electron chi connectivity index (χ0n) is 13.8. The molecule has 1 heterocycles. The summed E-state index contributed by atoms with van der Waals surface area (Å²) < 4.78 is 0. The Balaban J connectivity index is 1.96. The van der Waals surface area contributed by atoms with Crippen molar-refractivity contribution in [1.82, 2.24) is 4.98 Å². The van der Waals surface area contributed by atoms with Gasteiger partial charge in [0.1, 0.15) is 11.1 Å². The van der Waals surface area contributed by atoms with E-state index < -0.39 is 0 Å². The monoisotopic (exact) mass is 359 g/mol. The first kappa shape index (κ1) is 18.3. The van der Waals surface area contributed by atoms with Crippen LogP contribution < -0.4 is 5.32 Å². The fourth-order valence-electron chi connectivity index (χ4n) is 2.24. The lowest BCUT2D eigenvalue weighted by Crippen LogP contribution is -2.13. The molecule has 1 amide bonds. The standard InChI is InChI=1S/C18H18ClN3OS/c1-11-9-12(2)21-18(14(11)10-20)24-8-7-17(23)22-16-6-4-5-15(19)13(16)3/h4-6,9H,7-8H2,1-3H3,(H,22,23). The van der Waals surface area contributed by atoms with Gasteiger partial charge in [-0.3, -0.25) is 4.79 Å². The second kappa shape index (κ2) is 8.18. The Hall–Kier alpha value is -2.03. The zero-order chi connectivity index (χ0) is 17.7. The fraction of sp³-hybridized carbons (Fsp3) is 0.278. The highest BCUT2D eigenvalue weighted by atomic mass is 35.5. The molecule has 24 heavy (non-hydrogen) atoms. The lowest BCUT2D eigenvalue weighted by Gasteiger charge is -2.10. The van der Waals surface area contributed by atoms with Gasteiger partial charge in [0.25, 0.3) is 0 Å². The summed E-state index contributed by atoms with van der Waals surface area (Å²) in [6, 6.07) is 9.49. The summed E-state index contributed by atoms with van der Waals surface area (Å²) in [7, 11) is 0. The van der Waals surface area contributed by atoms with Crippen molar-refractivity contribution in [2.24, 2.45) is 0 Å². The Morgan fingerprint density at radius 2 is 2.12 bits per heavy atom. The molecule has 6 heteroatoms. The van der Waals surface area contributed by atoms with Gasteiger partial charge in [-0.05, 0) is 50.1 Å². The van der Waals surface area contributed by atoms with Crippen molar-refractivity contribution in [2.75, 3.05) is 11.1 Å². The number of rotatable bonds is 5. The van der Waals surface area contributed by atoms with Crippen molar-refractivity contribution < 1.29 is 4.79 Å². The number of hydrogen-bond acceptors (Lipinski definition) is 4. The molecule has 1 aromatic heterocycles. The molecule has 0 fully saturated rings. The normalized spacial score (nSPS) is 10.3. The average molecular weight is 360 g/mol. The molecule has 0 spiro atoms. The van der Waals surface area contributed by atoms with Gasteiger partial charge in [-0.15, -0.1) is 11.8 Å². The van der Waals surface area contributed by atoms with Gasteiger partial charge in [0.2, 0.25) is 5.91 Å². The van der Waals surface area contributed by atoms with Crippen LogP contribution in [0.25, 0.3) is 0 Å². The lowest BCUT2D eigenvalue weighted by atomic mass is 10.1. The van der Waals surface area contributed by atoms with Crippen LogP contribution in [0.3, 0.4) is 0 Å². The molecule has 1 N–H and O–H groups in total. The van der Waals surface area contributed by atoms with Crippen LogP contribution in [0.15, 0.2) is 29.3 Å². The topological polar surface area (TPSA) is 65.8 Å². The number of nitrogens with one attached hydrogen (secondary N) is 1. The number of pyridine rings is 1. The molecular formula is C18H18ClN3OS. The predicted octanol–water partition coefficient (Wildman–Crippen LogP) is 4.65. The van der Waals surface area contributed by atoms with E-state index in [0.717, 1.165) is 22.5 Å². The van der Waals surface area contributed by atoms with Crippen molar-refractivity contribution >= 4 is 35.0 Å². The van der Waals surface area contributed by atoms with E-state index >= 15 is 0 Å². The largest absolute Gasteiger partial charge is 0.326 e. The van der Waals surface area contributed by atoms with E-state index in [1.54, 1.807) is 12.1 Å². The summed E-state index contributed by atoms with van der Waals surface area (Å²) in [5.74, 6) is 0.464. The van der Waals surface area contributed by atoms with E-state index in [2.05, 4.69) is 16.4 Å². The number of carbonyl (C=O) groups is 1. The number of nitrogens with zero attached hydrogens (tertiary/aromatic N) is 2. The van der Waals surface area contributed by atoms with Crippen molar-refractivity contribution in [3.05, 3.63) is 51.7 Å². The molecule has 0 aliphatic carbocycles. The third-order valence-electron chi connectivity index (χ3n) is 3.53. The molecule has 4 nitrogen and oxygen atoms in total. The molecule has 0 atom stereocenters. The number of anilines is 1. The number of thioether (sulfide) groups is 1. The number of aromatic nitrogens is 1. The minimum atomic E-state index is -0.0873. The number of carbonyl (C=O) groups excluding carboxylic acids is 1. The van der Waals surface area contributed by atoms with E-state index in [1.807, 2.05) is 32.9 Å². The van der Waals surface area contributed by atoms with Crippen LogP contribution in [0.4, 0.5) is 5.69 Å². The molecule has 2 rings (SSSR count). The number of benzene rings is 1. The van der Waals surface area contributed by atoms with E-state index in [1.165, 1.54) is 11.8 Å². The quantitative estimate of drug-likeness (QED) is 0.789. The van der Waals surface area contributed by atoms with Gasteiger partial charge < -0.3 is 5.32 Å². The Labute approximate surface area is 151 Å². The van der Waals surface area contributed by atoms with Crippen molar-refractivity contribution in [3.63, 3.8) is 0 Å². The molecule has 124 valence electrons. The van der Waals surface area contributed by atoms with Crippen LogP contribution in [0.2, 0.25) is 5.02 Å². The molecule has 1 aromatic carbocycles. The summed E-state index contributed by atoms with van der Waals surface area (Å²) >= 11 is 7.48. The van der Waals surface area contributed by atoms with Gasteiger partial charge in [-0.25, -0.2) is 4.98 Å². The zero-order valence-corrected chi connectivity index (χ0v) is 15.4. The van der Waals surface area contributed by atoms with Crippen LogP contribution in [0.5, 0.6) is 0 Å². The number of hydrogen-bond donors (Lipinski definition) is 1. The SMILES string of the molecule is Cc1cc(C)c(C#N)c(SCCC(=O)Nc2cccc(Cl)c2C)n1. The third kappa shape index (κ3) is 4.50. The lowest BCUT2D eigenvalue weighted by molar-refractivity contribution is -0.115. The van der Waals surface area contributed by atoms with E-state index in [4.69, 9.17) is 11.6 Å². The van der Waals surface area contributed by atoms with E-state index in [9.17, 15) is 10.1 Å². The predicted molar refractivity (Wildman–Crippen MR) is 98.6 cm³/mol.